The molecule has 0 radical (unpaired) electrons. The van der Waals surface area contributed by atoms with Crippen molar-refractivity contribution in [3.63, 3.8) is 0 Å². The van der Waals surface area contributed by atoms with Crippen molar-refractivity contribution in [2.75, 3.05) is 0 Å². The molecule has 148 valence electrons. The molecule has 0 saturated carbocycles. The Balaban J connectivity index is 3.11. The van der Waals surface area contributed by atoms with Gasteiger partial charge in [-0.15, -0.1) is 15.3 Å². The number of hydrogen-bond acceptors (Lipinski definition) is 0. The van der Waals surface area contributed by atoms with Crippen LogP contribution >= 0.6 is 15.3 Å². The summed E-state index contributed by atoms with van der Waals surface area (Å²) >= 11 is 4.68. The standard InChI is InChI=1S/C22H37BrSi4/c1-24(2,3)22(25(4,5)6,26(7,8)9)27(23,20-16-12-10-13-17-20)21-18-14-11-15-19-21/h10-19H,1-9H3. The molecule has 0 aliphatic heterocycles. The quantitative estimate of drug-likeness (QED) is 0.318. The predicted octanol–water partition coefficient (Wildman–Crippen LogP) is 6.51. The first-order valence-electron chi connectivity index (χ1n) is 10.0. The SMILES string of the molecule is C[Si](C)(C)C([Si](C)(C)C)([Si](C)(C)C)[Si](Br)(c1ccccc1)c1ccccc1. The second-order valence-electron chi connectivity index (χ2n) is 10.9. The van der Waals surface area contributed by atoms with E-state index in [9.17, 15) is 0 Å². The summed E-state index contributed by atoms with van der Waals surface area (Å²) < 4.78 is 0.447. The van der Waals surface area contributed by atoms with Crippen LogP contribution in [0, 0.1) is 0 Å². The molecule has 0 N–H and O–H groups in total. The first kappa shape index (κ1) is 23.1. The molecular formula is C22H37BrSi4. The smallest absolute Gasteiger partial charge is 0.114 e. The minimum Gasteiger partial charge on any atom is -0.114 e. The third kappa shape index (κ3) is 3.59. The molecule has 0 aliphatic rings. The first-order valence-corrected chi connectivity index (χ1v) is 24.8. The second-order valence-corrected chi connectivity index (χ2v) is 36.4. The maximum atomic E-state index is 4.68. The largest absolute Gasteiger partial charge is 0.189 e. The molecular weight excluding hydrogens is 456 g/mol. The van der Waals surface area contributed by atoms with Crippen molar-refractivity contribution in [1.29, 1.82) is 0 Å². The van der Waals surface area contributed by atoms with Gasteiger partial charge in [-0.1, -0.05) is 120 Å². The van der Waals surface area contributed by atoms with Gasteiger partial charge in [0.15, 0.2) is 6.69 Å². The minimum absolute atomic E-state index is 0.447. The average molecular weight is 494 g/mol. The summed E-state index contributed by atoms with van der Waals surface area (Å²) in [4.78, 5) is 0. The molecule has 0 bridgehead atoms. The fraction of sp³-hybridized carbons (Fsp3) is 0.455. The van der Waals surface area contributed by atoms with E-state index in [1.807, 2.05) is 0 Å². The highest BCUT2D eigenvalue weighted by Gasteiger charge is 2.71. The topological polar surface area (TPSA) is 0 Å². The molecule has 0 heterocycles. The van der Waals surface area contributed by atoms with Crippen LogP contribution < -0.4 is 10.4 Å². The molecule has 0 fully saturated rings. The van der Waals surface area contributed by atoms with Crippen LogP contribution in [0.15, 0.2) is 60.7 Å². The summed E-state index contributed by atoms with van der Waals surface area (Å²) in [5.74, 6) is 0. The van der Waals surface area contributed by atoms with E-state index in [2.05, 4.69) is 135 Å². The maximum Gasteiger partial charge on any atom is 0.189 e. The van der Waals surface area contributed by atoms with Gasteiger partial charge in [0.1, 0.15) is 0 Å². The molecule has 0 unspecified atom stereocenters. The van der Waals surface area contributed by atoms with E-state index in [0.717, 1.165) is 0 Å². The van der Waals surface area contributed by atoms with Gasteiger partial charge < -0.3 is 0 Å². The molecule has 0 nitrogen and oxygen atoms in total. The van der Waals surface area contributed by atoms with Crippen molar-refractivity contribution in [1.82, 2.24) is 0 Å². The van der Waals surface area contributed by atoms with Crippen molar-refractivity contribution >= 4 is 56.6 Å². The summed E-state index contributed by atoms with van der Waals surface area (Å²) in [5.41, 5.74) is 0. The van der Waals surface area contributed by atoms with Gasteiger partial charge in [-0.2, -0.15) is 0 Å². The summed E-state index contributed by atoms with van der Waals surface area (Å²) in [6.45, 7) is 21.7. The first-order chi connectivity index (χ1) is 12.2. The van der Waals surface area contributed by atoms with Gasteiger partial charge >= 0.3 is 0 Å². The molecule has 0 saturated heterocycles. The fourth-order valence-electron chi connectivity index (χ4n) is 6.86. The van der Waals surface area contributed by atoms with Crippen LogP contribution in [0.25, 0.3) is 0 Å². The van der Waals surface area contributed by atoms with Crippen molar-refractivity contribution < 1.29 is 0 Å². The van der Waals surface area contributed by atoms with Gasteiger partial charge in [0, 0.05) is 24.2 Å². The van der Waals surface area contributed by atoms with Gasteiger partial charge in [0.05, 0.1) is 0 Å². The van der Waals surface area contributed by atoms with E-state index < -0.39 is 30.9 Å². The Hall–Kier alpha value is -0.212. The van der Waals surface area contributed by atoms with Crippen LogP contribution in [0.3, 0.4) is 0 Å². The van der Waals surface area contributed by atoms with Gasteiger partial charge in [-0.3, -0.25) is 0 Å². The zero-order valence-electron chi connectivity index (χ0n) is 18.7. The molecule has 27 heavy (non-hydrogen) atoms. The molecule has 0 aromatic heterocycles. The summed E-state index contributed by atoms with van der Waals surface area (Å²) in [7, 11) is -4.71. The molecule has 0 spiro atoms. The highest BCUT2D eigenvalue weighted by molar-refractivity contribution is 9.27. The lowest BCUT2D eigenvalue weighted by molar-refractivity contribution is 1.21. The molecule has 2 rings (SSSR count). The van der Waals surface area contributed by atoms with E-state index in [1.165, 1.54) is 0 Å². The fourth-order valence-corrected chi connectivity index (χ4v) is 69.0. The average Bonchev–Trinajstić information content (AvgIpc) is 2.52. The summed E-state index contributed by atoms with van der Waals surface area (Å²) in [6.07, 6.45) is 0. The van der Waals surface area contributed by atoms with Crippen molar-refractivity contribution in [3.8, 4) is 0 Å². The lowest BCUT2D eigenvalue weighted by Crippen LogP contribution is -2.82. The van der Waals surface area contributed by atoms with Crippen molar-refractivity contribution in [2.45, 2.75) is 62.8 Å². The summed E-state index contributed by atoms with van der Waals surface area (Å²) in [6, 6.07) is 22.9. The molecule has 2 aromatic carbocycles. The van der Waals surface area contributed by atoms with E-state index in [1.54, 1.807) is 10.4 Å². The second kappa shape index (κ2) is 7.56. The Morgan fingerprint density at radius 2 is 0.778 bits per heavy atom. The van der Waals surface area contributed by atoms with Crippen LogP contribution in [0.1, 0.15) is 0 Å². The van der Waals surface area contributed by atoms with E-state index in [-0.39, 0.29) is 0 Å². The van der Waals surface area contributed by atoms with Gasteiger partial charge in [-0.25, -0.2) is 0 Å². The normalized spacial score (nSPS) is 14.3. The Morgan fingerprint density at radius 1 is 0.519 bits per heavy atom. The monoisotopic (exact) mass is 492 g/mol. The highest BCUT2D eigenvalue weighted by atomic mass is 79.9. The number of hydrogen-bond donors (Lipinski definition) is 0. The molecule has 5 heteroatoms. The van der Waals surface area contributed by atoms with Gasteiger partial charge in [-0.05, 0) is 14.3 Å². The maximum absolute atomic E-state index is 4.68. The van der Waals surface area contributed by atoms with E-state index >= 15 is 0 Å². The van der Waals surface area contributed by atoms with E-state index in [0.29, 0.717) is 3.91 Å². The van der Waals surface area contributed by atoms with Crippen LogP contribution in [0.2, 0.25) is 62.8 Å². The van der Waals surface area contributed by atoms with Crippen LogP contribution in [0.4, 0.5) is 0 Å². The Bertz CT molecular complexity index is 677. The number of halogens is 1. The lowest BCUT2D eigenvalue weighted by Gasteiger charge is -2.66. The molecule has 2 aromatic rings. The summed E-state index contributed by atoms with van der Waals surface area (Å²) in [5, 5.41) is 3.12. The third-order valence-electron chi connectivity index (χ3n) is 6.23. The van der Waals surface area contributed by atoms with Crippen LogP contribution in [-0.2, 0) is 0 Å². The predicted molar refractivity (Wildman–Crippen MR) is 140 cm³/mol. The zero-order valence-corrected chi connectivity index (χ0v) is 24.2. The van der Waals surface area contributed by atoms with Gasteiger partial charge in [0.2, 0.25) is 0 Å². The molecule has 0 atom stereocenters. The van der Waals surface area contributed by atoms with E-state index in [4.69, 9.17) is 0 Å². The molecule has 0 aliphatic carbocycles. The highest BCUT2D eigenvalue weighted by Crippen LogP contribution is 2.60. The molecule has 0 amide bonds. The number of rotatable bonds is 6. The van der Waals surface area contributed by atoms with Gasteiger partial charge in [0.25, 0.3) is 0 Å². The van der Waals surface area contributed by atoms with Crippen molar-refractivity contribution in [3.05, 3.63) is 60.7 Å². The van der Waals surface area contributed by atoms with Crippen LogP contribution in [-0.4, -0.2) is 30.9 Å². The Kier molecular flexibility index (Phi) is 6.46. The Morgan fingerprint density at radius 3 is 1.00 bits per heavy atom. The lowest BCUT2D eigenvalue weighted by atomic mass is 10.4. The van der Waals surface area contributed by atoms with Crippen LogP contribution in [0.5, 0.6) is 0 Å². The minimum atomic E-state index is -2.19. The number of benzene rings is 2. The zero-order chi connectivity index (χ0) is 20.7. The third-order valence-corrected chi connectivity index (χ3v) is 47.7. The Labute approximate surface area is 179 Å². The van der Waals surface area contributed by atoms with Crippen molar-refractivity contribution in [2.24, 2.45) is 0 Å².